The summed E-state index contributed by atoms with van der Waals surface area (Å²) in [5.74, 6) is 0.655. The summed E-state index contributed by atoms with van der Waals surface area (Å²) < 4.78 is 43.6. The normalized spacial score (nSPS) is 11.2. The van der Waals surface area contributed by atoms with Crippen molar-refractivity contribution in [1.82, 2.24) is 0 Å². The molecule has 0 saturated carbocycles. The molecule has 20 heavy (non-hydrogen) atoms. The highest BCUT2D eigenvalue weighted by atomic mass is 19.4. The Morgan fingerprint density at radius 3 is 2.60 bits per heavy atom. The standard InChI is InChI=1S/C14H11F3N2O/c1-9-4-5-20-13(9)8-19-11-3-2-10(7-18)12(6-11)14(15,16)17/h2-6,19H,8H2,1H3. The molecule has 0 aliphatic rings. The lowest BCUT2D eigenvalue weighted by molar-refractivity contribution is -0.137. The third-order valence-corrected chi connectivity index (χ3v) is 2.87. The Morgan fingerprint density at radius 1 is 1.30 bits per heavy atom. The van der Waals surface area contributed by atoms with Gasteiger partial charge in [0, 0.05) is 5.69 Å². The minimum absolute atomic E-state index is 0.280. The van der Waals surface area contributed by atoms with E-state index in [0.29, 0.717) is 5.76 Å². The molecule has 2 rings (SSSR count). The second-order valence-electron chi connectivity index (χ2n) is 4.25. The van der Waals surface area contributed by atoms with Gasteiger partial charge in [-0.25, -0.2) is 0 Å². The van der Waals surface area contributed by atoms with Gasteiger partial charge in [-0.3, -0.25) is 0 Å². The molecule has 104 valence electrons. The van der Waals surface area contributed by atoms with Gasteiger partial charge >= 0.3 is 6.18 Å². The number of benzene rings is 1. The zero-order chi connectivity index (χ0) is 14.8. The molecule has 3 nitrogen and oxygen atoms in total. The van der Waals surface area contributed by atoms with Gasteiger partial charge in [0.05, 0.1) is 30.0 Å². The van der Waals surface area contributed by atoms with E-state index in [1.54, 1.807) is 12.1 Å². The number of nitriles is 1. The third-order valence-electron chi connectivity index (χ3n) is 2.87. The SMILES string of the molecule is Cc1ccoc1CNc1ccc(C#N)c(C(F)(F)F)c1. The summed E-state index contributed by atoms with van der Waals surface area (Å²) in [7, 11) is 0. The summed E-state index contributed by atoms with van der Waals surface area (Å²) >= 11 is 0. The van der Waals surface area contributed by atoms with Crippen molar-refractivity contribution in [3.8, 4) is 6.07 Å². The van der Waals surface area contributed by atoms with Crippen LogP contribution in [0.5, 0.6) is 0 Å². The Labute approximate surface area is 113 Å². The molecule has 0 aliphatic carbocycles. The molecule has 1 aromatic heterocycles. The van der Waals surface area contributed by atoms with Gasteiger partial charge in [0.25, 0.3) is 0 Å². The summed E-state index contributed by atoms with van der Waals surface area (Å²) in [6, 6.07) is 6.83. The summed E-state index contributed by atoms with van der Waals surface area (Å²) in [6.45, 7) is 2.13. The average molecular weight is 280 g/mol. The molecule has 0 unspecified atom stereocenters. The third kappa shape index (κ3) is 2.94. The van der Waals surface area contributed by atoms with Crippen molar-refractivity contribution in [2.24, 2.45) is 0 Å². The van der Waals surface area contributed by atoms with Crippen molar-refractivity contribution in [3.05, 3.63) is 53.0 Å². The number of nitrogens with one attached hydrogen (secondary N) is 1. The number of nitrogens with zero attached hydrogens (tertiary/aromatic N) is 1. The zero-order valence-corrected chi connectivity index (χ0v) is 10.6. The van der Waals surface area contributed by atoms with Gasteiger partial charge in [-0.1, -0.05) is 0 Å². The molecule has 1 aromatic carbocycles. The van der Waals surface area contributed by atoms with Crippen LogP contribution in [0.1, 0.15) is 22.5 Å². The molecular weight excluding hydrogens is 269 g/mol. The maximum atomic E-state index is 12.8. The van der Waals surface area contributed by atoms with Crippen LogP contribution in [0.25, 0.3) is 0 Å². The number of halogens is 3. The first-order valence-electron chi connectivity index (χ1n) is 5.80. The van der Waals surface area contributed by atoms with E-state index in [4.69, 9.17) is 9.68 Å². The molecule has 1 N–H and O–H groups in total. The van der Waals surface area contributed by atoms with Crippen molar-refractivity contribution in [2.75, 3.05) is 5.32 Å². The van der Waals surface area contributed by atoms with E-state index in [9.17, 15) is 13.2 Å². The molecule has 6 heteroatoms. The van der Waals surface area contributed by atoms with E-state index in [1.165, 1.54) is 12.3 Å². The summed E-state index contributed by atoms with van der Waals surface area (Å²) in [5.41, 5.74) is -0.132. The van der Waals surface area contributed by atoms with Crippen LogP contribution in [0.3, 0.4) is 0 Å². The van der Waals surface area contributed by atoms with Gasteiger partial charge in [0.1, 0.15) is 5.76 Å². The lowest BCUT2D eigenvalue weighted by Gasteiger charge is -2.12. The smallest absolute Gasteiger partial charge is 0.417 e. The van der Waals surface area contributed by atoms with E-state index in [0.717, 1.165) is 17.7 Å². The van der Waals surface area contributed by atoms with Gasteiger partial charge in [-0.2, -0.15) is 18.4 Å². The monoisotopic (exact) mass is 280 g/mol. The molecule has 0 bridgehead atoms. The summed E-state index contributed by atoms with van der Waals surface area (Å²) in [6.07, 6.45) is -3.03. The number of alkyl halides is 3. The minimum atomic E-state index is -4.55. The number of hydrogen-bond donors (Lipinski definition) is 1. The molecule has 0 spiro atoms. The number of anilines is 1. The summed E-state index contributed by atoms with van der Waals surface area (Å²) in [5, 5.41) is 11.6. The minimum Gasteiger partial charge on any atom is -0.467 e. The van der Waals surface area contributed by atoms with Crippen LogP contribution in [0.15, 0.2) is 34.9 Å². The molecule has 1 heterocycles. The summed E-state index contributed by atoms with van der Waals surface area (Å²) in [4.78, 5) is 0. The first-order chi connectivity index (χ1) is 9.41. The fraction of sp³-hybridized carbons (Fsp3) is 0.214. The Balaban J connectivity index is 2.22. The lowest BCUT2D eigenvalue weighted by atomic mass is 10.1. The average Bonchev–Trinajstić information content (AvgIpc) is 2.80. The van der Waals surface area contributed by atoms with Gasteiger partial charge in [0.15, 0.2) is 0 Å². The quantitative estimate of drug-likeness (QED) is 0.921. The number of aryl methyl sites for hydroxylation is 1. The zero-order valence-electron chi connectivity index (χ0n) is 10.6. The van der Waals surface area contributed by atoms with E-state index in [-0.39, 0.29) is 12.2 Å². The van der Waals surface area contributed by atoms with Crippen molar-refractivity contribution in [2.45, 2.75) is 19.6 Å². The molecule has 0 radical (unpaired) electrons. The molecular formula is C14H11F3N2O. The maximum absolute atomic E-state index is 12.8. The molecule has 0 fully saturated rings. The Morgan fingerprint density at radius 2 is 2.05 bits per heavy atom. The Kier molecular flexibility index (Phi) is 3.70. The van der Waals surface area contributed by atoms with Crippen molar-refractivity contribution in [3.63, 3.8) is 0 Å². The number of furan rings is 1. The van der Waals surface area contributed by atoms with Crippen LogP contribution in [-0.2, 0) is 12.7 Å². The predicted molar refractivity (Wildman–Crippen MR) is 66.9 cm³/mol. The predicted octanol–water partition coefficient (Wildman–Crippen LogP) is 4.09. The van der Waals surface area contributed by atoms with E-state index < -0.39 is 17.3 Å². The highest BCUT2D eigenvalue weighted by Gasteiger charge is 2.33. The van der Waals surface area contributed by atoms with E-state index in [1.807, 2.05) is 6.92 Å². The van der Waals surface area contributed by atoms with Crippen LogP contribution in [0, 0.1) is 18.3 Å². The van der Waals surface area contributed by atoms with Crippen molar-refractivity contribution < 1.29 is 17.6 Å². The fourth-order valence-electron chi connectivity index (χ4n) is 1.75. The molecule has 0 amide bonds. The van der Waals surface area contributed by atoms with Gasteiger partial charge in [0.2, 0.25) is 0 Å². The molecule has 0 aliphatic heterocycles. The maximum Gasteiger partial charge on any atom is 0.417 e. The van der Waals surface area contributed by atoms with Crippen LogP contribution >= 0.6 is 0 Å². The number of hydrogen-bond acceptors (Lipinski definition) is 3. The Bertz CT molecular complexity index is 653. The second kappa shape index (κ2) is 5.29. The largest absolute Gasteiger partial charge is 0.467 e. The number of rotatable bonds is 3. The highest BCUT2D eigenvalue weighted by molar-refractivity contribution is 5.53. The molecule has 2 aromatic rings. The van der Waals surface area contributed by atoms with E-state index >= 15 is 0 Å². The molecule has 0 atom stereocenters. The van der Waals surface area contributed by atoms with Gasteiger partial charge < -0.3 is 9.73 Å². The van der Waals surface area contributed by atoms with Crippen LogP contribution in [0.2, 0.25) is 0 Å². The van der Waals surface area contributed by atoms with Gasteiger partial charge in [-0.05, 0) is 36.8 Å². The van der Waals surface area contributed by atoms with Crippen LogP contribution in [0.4, 0.5) is 18.9 Å². The lowest BCUT2D eigenvalue weighted by Crippen LogP contribution is -2.09. The van der Waals surface area contributed by atoms with Crippen LogP contribution < -0.4 is 5.32 Å². The topological polar surface area (TPSA) is 49.0 Å². The first-order valence-corrected chi connectivity index (χ1v) is 5.80. The van der Waals surface area contributed by atoms with Crippen LogP contribution in [-0.4, -0.2) is 0 Å². The van der Waals surface area contributed by atoms with Crippen molar-refractivity contribution in [1.29, 1.82) is 5.26 Å². The second-order valence-corrected chi connectivity index (χ2v) is 4.25. The Hall–Kier alpha value is -2.42. The first kappa shape index (κ1) is 14.0. The molecule has 0 saturated heterocycles. The highest BCUT2D eigenvalue weighted by Crippen LogP contribution is 2.33. The van der Waals surface area contributed by atoms with Crippen molar-refractivity contribution >= 4 is 5.69 Å². The van der Waals surface area contributed by atoms with E-state index in [2.05, 4.69) is 5.32 Å². The van der Waals surface area contributed by atoms with Gasteiger partial charge in [-0.15, -0.1) is 0 Å². The fourth-order valence-corrected chi connectivity index (χ4v) is 1.75.